The lowest BCUT2D eigenvalue weighted by atomic mass is 10.1. The van der Waals surface area contributed by atoms with Crippen molar-refractivity contribution < 1.29 is 4.39 Å². The van der Waals surface area contributed by atoms with E-state index in [0.29, 0.717) is 5.82 Å². The number of nitrogens with zero attached hydrogens (tertiary/aromatic N) is 3. The summed E-state index contributed by atoms with van der Waals surface area (Å²) in [5.74, 6) is 0.262. The van der Waals surface area contributed by atoms with Crippen LogP contribution in [-0.4, -0.2) is 41.6 Å². The zero-order valence-corrected chi connectivity index (χ0v) is 10.8. The molecule has 1 saturated heterocycles. The molecule has 0 N–H and O–H groups in total. The van der Waals surface area contributed by atoms with Gasteiger partial charge in [0, 0.05) is 37.9 Å². The molecule has 1 aliphatic rings. The van der Waals surface area contributed by atoms with E-state index in [1.165, 1.54) is 6.07 Å². The maximum Gasteiger partial charge on any atom is 0.165 e. The third-order valence-electron chi connectivity index (χ3n) is 3.27. The van der Waals surface area contributed by atoms with Gasteiger partial charge in [-0.15, -0.1) is 0 Å². The van der Waals surface area contributed by atoms with Gasteiger partial charge in [-0.05, 0) is 32.9 Å². The van der Waals surface area contributed by atoms with Crippen molar-refractivity contribution in [2.75, 3.05) is 31.1 Å². The lowest BCUT2D eigenvalue weighted by Crippen LogP contribution is -2.53. The van der Waals surface area contributed by atoms with Crippen LogP contribution in [0.1, 0.15) is 20.8 Å². The second-order valence-corrected chi connectivity index (χ2v) is 5.45. The standard InChI is InChI=1S/C13H20FN3/c1-13(2,3)17-9-7-16(8-10-17)12-11(14)5-4-6-15-12/h4-6H,7-10H2,1-3H3. The first-order valence-electron chi connectivity index (χ1n) is 6.09. The zero-order valence-electron chi connectivity index (χ0n) is 10.8. The lowest BCUT2D eigenvalue weighted by Gasteiger charge is -2.42. The Kier molecular flexibility index (Phi) is 3.33. The molecule has 1 aromatic heterocycles. The van der Waals surface area contributed by atoms with Crippen molar-refractivity contribution >= 4 is 5.82 Å². The normalized spacial score (nSPS) is 18.5. The van der Waals surface area contributed by atoms with Crippen molar-refractivity contribution in [3.05, 3.63) is 24.1 Å². The molecular weight excluding hydrogens is 217 g/mol. The smallest absolute Gasteiger partial charge is 0.165 e. The predicted octanol–water partition coefficient (Wildman–Crippen LogP) is 2.14. The molecule has 0 spiro atoms. The first-order valence-corrected chi connectivity index (χ1v) is 6.09. The van der Waals surface area contributed by atoms with Gasteiger partial charge in [0.1, 0.15) is 0 Å². The Morgan fingerprint density at radius 3 is 2.35 bits per heavy atom. The number of hydrogen-bond donors (Lipinski definition) is 0. The van der Waals surface area contributed by atoms with Crippen molar-refractivity contribution in [3.63, 3.8) is 0 Å². The minimum atomic E-state index is -0.225. The van der Waals surface area contributed by atoms with E-state index in [4.69, 9.17) is 0 Å². The Bertz CT molecular complexity index is 378. The molecule has 17 heavy (non-hydrogen) atoms. The van der Waals surface area contributed by atoms with Crippen molar-refractivity contribution in [1.82, 2.24) is 9.88 Å². The highest BCUT2D eigenvalue weighted by atomic mass is 19.1. The number of rotatable bonds is 1. The molecule has 4 heteroatoms. The van der Waals surface area contributed by atoms with Gasteiger partial charge in [-0.2, -0.15) is 0 Å². The van der Waals surface area contributed by atoms with E-state index in [9.17, 15) is 4.39 Å². The Hall–Kier alpha value is -1.16. The monoisotopic (exact) mass is 237 g/mol. The Morgan fingerprint density at radius 2 is 1.82 bits per heavy atom. The highest BCUT2D eigenvalue weighted by Gasteiger charge is 2.27. The summed E-state index contributed by atoms with van der Waals surface area (Å²) in [6.07, 6.45) is 1.65. The molecule has 0 amide bonds. The summed E-state index contributed by atoms with van der Waals surface area (Å²) in [7, 11) is 0. The lowest BCUT2D eigenvalue weighted by molar-refractivity contribution is 0.128. The minimum absolute atomic E-state index is 0.189. The van der Waals surface area contributed by atoms with Gasteiger partial charge in [-0.1, -0.05) is 0 Å². The van der Waals surface area contributed by atoms with E-state index < -0.39 is 0 Å². The van der Waals surface area contributed by atoms with Crippen LogP contribution in [0.2, 0.25) is 0 Å². The highest BCUT2D eigenvalue weighted by molar-refractivity contribution is 5.40. The summed E-state index contributed by atoms with van der Waals surface area (Å²) in [6, 6.07) is 3.10. The fourth-order valence-electron chi connectivity index (χ4n) is 2.20. The van der Waals surface area contributed by atoms with E-state index in [1.54, 1.807) is 12.3 Å². The van der Waals surface area contributed by atoms with Gasteiger partial charge in [0.15, 0.2) is 11.6 Å². The molecule has 0 atom stereocenters. The van der Waals surface area contributed by atoms with Crippen LogP contribution >= 0.6 is 0 Å². The first-order chi connectivity index (χ1) is 7.98. The molecule has 0 radical (unpaired) electrons. The third-order valence-corrected chi connectivity index (χ3v) is 3.27. The fourth-order valence-corrected chi connectivity index (χ4v) is 2.20. The number of halogens is 1. The molecule has 0 unspecified atom stereocenters. The van der Waals surface area contributed by atoms with Crippen LogP contribution in [0.25, 0.3) is 0 Å². The van der Waals surface area contributed by atoms with Crippen molar-refractivity contribution in [2.24, 2.45) is 0 Å². The van der Waals surface area contributed by atoms with Gasteiger partial charge in [0.2, 0.25) is 0 Å². The van der Waals surface area contributed by atoms with E-state index in [0.717, 1.165) is 26.2 Å². The van der Waals surface area contributed by atoms with Crippen LogP contribution in [0, 0.1) is 5.82 Å². The summed E-state index contributed by atoms with van der Waals surface area (Å²) in [5, 5.41) is 0. The second kappa shape index (κ2) is 4.61. The van der Waals surface area contributed by atoms with Crippen LogP contribution in [0.3, 0.4) is 0 Å². The zero-order chi connectivity index (χ0) is 12.5. The van der Waals surface area contributed by atoms with Crippen molar-refractivity contribution in [1.29, 1.82) is 0 Å². The maximum atomic E-state index is 13.6. The summed E-state index contributed by atoms with van der Waals surface area (Å²) in [6.45, 7) is 10.2. The Morgan fingerprint density at radius 1 is 1.18 bits per heavy atom. The van der Waals surface area contributed by atoms with Crippen LogP contribution in [0.15, 0.2) is 18.3 Å². The summed E-state index contributed by atoms with van der Waals surface area (Å²) >= 11 is 0. The summed E-state index contributed by atoms with van der Waals surface area (Å²) in [4.78, 5) is 8.57. The quantitative estimate of drug-likeness (QED) is 0.746. The number of aromatic nitrogens is 1. The largest absolute Gasteiger partial charge is 0.352 e. The van der Waals surface area contributed by atoms with Crippen LogP contribution < -0.4 is 4.90 Å². The molecule has 0 saturated carbocycles. The van der Waals surface area contributed by atoms with Gasteiger partial charge in [0.25, 0.3) is 0 Å². The van der Waals surface area contributed by atoms with E-state index in [2.05, 4.69) is 30.7 Å². The number of pyridine rings is 1. The van der Waals surface area contributed by atoms with Crippen molar-refractivity contribution in [3.8, 4) is 0 Å². The van der Waals surface area contributed by atoms with Gasteiger partial charge < -0.3 is 4.90 Å². The average Bonchev–Trinajstić information content (AvgIpc) is 2.29. The maximum absolute atomic E-state index is 13.6. The molecule has 0 aliphatic carbocycles. The van der Waals surface area contributed by atoms with Gasteiger partial charge >= 0.3 is 0 Å². The number of anilines is 1. The SMILES string of the molecule is CC(C)(C)N1CCN(c2ncccc2F)CC1. The molecule has 1 aliphatic heterocycles. The van der Waals surface area contributed by atoms with Gasteiger partial charge in [-0.25, -0.2) is 9.37 Å². The van der Waals surface area contributed by atoms with Crippen LogP contribution in [0.5, 0.6) is 0 Å². The topological polar surface area (TPSA) is 19.4 Å². The van der Waals surface area contributed by atoms with Gasteiger partial charge in [0.05, 0.1) is 0 Å². The highest BCUT2D eigenvalue weighted by Crippen LogP contribution is 2.20. The molecule has 94 valence electrons. The Labute approximate surface area is 102 Å². The molecule has 1 fully saturated rings. The molecule has 0 bridgehead atoms. The van der Waals surface area contributed by atoms with E-state index in [1.807, 2.05) is 4.90 Å². The van der Waals surface area contributed by atoms with Crippen LogP contribution in [0.4, 0.5) is 10.2 Å². The molecule has 3 nitrogen and oxygen atoms in total. The minimum Gasteiger partial charge on any atom is -0.352 e. The fraction of sp³-hybridized carbons (Fsp3) is 0.615. The van der Waals surface area contributed by atoms with Crippen LogP contribution in [-0.2, 0) is 0 Å². The molecule has 1 aromatic rings. The number of hydrogen-bond acceptors (Lipinski definition) is 3. The molecular formula is C13H20FN3. The third kappa shape index (κ3) is 2.75. The van der Waals surface area contributed by atoms with Gasteiger partial charge in [-0.3, -0.25) is 4.90 Å². The average molecular weight is 237 g/mol. The van der Waals surface area contributed by atoms with E-state index in [-0.39, 0.29) is 11.4 Å². The molecule has 0 aromatic carbocycles. The molecule has 2 heterocycles. The number of piperazine rings is 1. The van der Waals surface area contributed by atoms with Crippen molar-refractivity contribution in [2.45, 2.75) is 26.3 Å². The summed E-state index contributed by atoms with van der Waals surface area (Å²) in [5.41, 5.74) is 0.189. The summed E-state index contributed by atoms with van der Waals surface area (Å²) < 4.78 is 13.6. The second-order valence-electron chi connectivity index (χ2n) is 5.45. The molecule has 2 rings (SSSR count). The van der Waals surface area contributed by atoms with E-state index >= 15 is 0 Å². The predicted molar refractivity (Wildman–Crippen MR) is 67.7 cm³/mol. The Balaban J connectivity index is 2.03. The first kappa shape index (κ1) is 12.3.